The number of nitrogens with zero attached hydrogens (tertiary/aromatic N) is 2. The van der Waals surface area contributed by atoms with Crippen LogP contribution in [0.4, 0.5) is 0 Å². The molecule has 2 fully saturated rings. The van der Waals surface area contributed by atoms with E-state index in [4.69, 9.17) is 11.6 Å². The SMILES string of the molecule is CCn1cc(C(C)CC(=O)N2CCCC3C(C(=O)O)CCCC32)c2c(Cl)cccc21. The second-order valence-corrected chi connectivity index (χ2v) is 9.35. The molecule has 4 rings (SSSR count). The number of likely N-dealkylation sites (tertiary alicyclic amines) is 1. The first-order valence-corrected chi connectivity index (χ1v) is 11.6. The highest BCUT2D eigenvalue weighted by Gasteiger charge is 2.43. The van der Waals surface area contributed by atoms with Gasteiger partial charge in [0, 0.05) is 42.7 Å². The summed E-state index contributed by atoms with van der Waals surface area (Å²) in [6.07, 6.45) is 6.92. The van der Waals surface area contributed by atoms with Crippen LogP contribution in [-0.4, -0.2) is 39.0 Å². The van der Waals surface area contributed by atoms with Crippen molar-refractivity contribution in [1.29, 1.82) is 0 Å². The van der Waals surface area contributed by atoms with Crippen LogP contribution in [0.1, 0.15) is 63.9 Å². The van der Waals surface area contributed by atoms with Gasteiger partial charge in [0.2, 0.25) is 5.91 Å². The molecule has 4 unspecified atom stereocenters. The average Bonchev–Trinajstić information content (AvgIpc) is 3.13. The normalized spacial score (nSPS) is 25.2. The molecule has 0 spiro atoms. The number of carbonyl (C=O) groups is 2. The lowest BCUT2D eigenvalue weighted by Gasteiger charge is -2.46. The predicted octanol–water partition coefficient (Wildman–Crippen LogP) is 5.30. The molecule has 2 aliphatic rings. The Kier molecular flexibility index (Phi) is 6.10. The number of carboxylic acids is 1. The first-order valence-electron chi connectivity index (χ1n) is 11.2. The van der Waals surface area contributed by atoms with Gasteiger partial charge in [-0.1, -0.05) is 31.0 Å². The minimum absolute atomic E-state index is 0.0481. The number of rotatable bonds is 5. The zero-order valence-corrected chi connectivity index (χ0v) is 18.6. The fourth-order valence-corrected chi connectivity index (χ4v) is 6.05. The Bertz CT molecular complexity index is 953. The summed E-state index contributed by atoms with van der Waals surface area (Å²) in [6, 6.07) is 6.03. The quantitative estimate of drug-likeness (QED) is 0.700. The maximum Gasteiger partial charge on any atom is 0.306 e. The van der Waals surface area contributed by atoms with Gasteiger partial charge in [-0.25, -0.2) is 0 Å². The zero-order valence-electron chi connectivity index (χ0n) is 17.8. The maximum atomic E-state index is 13.3. The molecule has 0 bridgehead atoms. The molecule has 1 saturated heterocycles. The van der Waals surface area contributed by atoms with Gasteiger partial charge in [0.15, 0.2) is 0 Å². The number of hydrogen-bond donors (Lipinski definition) is 1. The standard InChI is InChI=1S/C24H31ClN2O3/c1-3-26-14-18(23-19(25)9-5-11-21(23)26)15(2)13-22(28)27-12-6-8-16-17(24(29)30)7-4-10-20(16)27/h5,9,11,14-17,20H,3-4,6-8,10,12-13H2,1-2H3,(H,29,30). The molecule has 1 N–H and O–H groups in total. The lowest BCUT2D eigenvalue weighted by molar-refractivity contribution is -0.152. The molecule has 1 aliphatic heterocycles. The summed E-state index contributed by atoms with van der Waals surface area (Å²) in [7, 11) is 0. The molecule has 1 amide bonds. The molecule has 2 heterocycles. The van der Waals surface area contributed by atoms with Gasteiger partial charge in [0.25, 0.3) is 0 Å². The number of benzene rings is 1. The van der Waals surface area contributed by atoms with Gasteiger partial charge >= 0.3 is 5.97 Å². The number of aromatic nitrogens is 1. The van der Waals surface area contributed by atoms with E-state index in [0.717, 1.165) is 66.7 Å². The molecule has 30 heavy (non-hydrogen) atoms. The third-order valence-electron chi connectivity index (χ3n) is 7.24. The predicted molar refractivity (Wildman–Crippen MR) is 119 cm³/mol. The van der Waals surface area contributed by atoms with Crippen LogP contribution < -0.4 is 0 Å². The van der Waals surface area contributed by atoms with Crippen LogP contribution in [-0.2, 0) is 16.1 Å². The van der Waals surface area contributed by atoms with Gasteiger partial charge in [0.05, 0.1) is 10.9 Å². The van der Waals surface area contributed by atoms with E-state index in [1.807, 2.05) is 17.0 Å². The molecule has 4 atom stereocenters. The van der Waals surface area contributed by atoms with Gasteiger partial charge in [0.1, 0.15) is 0 Å². The summed E-state index contributed by atoms with van der Waals surface area (Å²) in [5, 5.41) is 11.4. The van der Waals surface area contributed by atoms with Crippen LogP contribution in [0.15, 0.2) is 24.4 Å². The number of aliphatic carboxylic acids is 1. The molecule has 0 radical (unpaired) electrons. The minimum Gasteiger partial charge on any atom is -0.481 e. The largest absolute Gasteiger partial charge is 0.481 e. The number of aryl methyl sites for hydroxylation is 1. The Labute approximate surface area is 183 Å². The van der Waals surface area contributed by atoms with Gasteiger partial charge in [-0.05, 0) is 62.1 Å². The van der Waals surface area contributed by atoms with E-state index < -0.39 is 5.97 Å². The first-order chi connectivity index (χ1) is 14.4. The second-order valence-electron chi connectivity index (χ2n) is 8.95. The summed E-state index contributed by atoms with van der Waals surface area (Å²) >= 11 is 6.53. The summed E-state index contributed by atoms with van der Waals surface area (Å²) in [5.74, 6) is -0.715. The van der Waals surface area contributed by atoms with Crippen molar-refractivity contribution in [1.82, 2.24) is 9.47 Å². The van der Waals surface area contributed by atoms with Crippen molar-refractivity contribution < 1.29 is 14.7 Å². The van der Waals surface area contributed by atoms with Crippen molar-refractivity contribution in [3.05, 3.63) is 35.0 Å². The van der Waals surface area contributed by atoms with E-state index in [-0.39, 0.29) is 29.7 Å². The van der Waals surface area contributed by atoms with Gasteiger partial charge in [-0.3, -0.25) is 9.59 Å². The third kappa shape index (κ3) is 3.73. The number of hydrogen-bond acceptors (Lipinski definition) is 2. The monoisotopic (exact) mass is 430 g/mol. The maximum absolute atomic E-state index is 13.3. The van der Waals surface area contributed by atoms with E-state index in [9.17, 15) is 14.7 Å². The molecule has 6 heteroatoms. The Morgan fingerprint density at radius 3 is 2.77 bits per heavy atom. The summed E-state index contributed by atoms with van der Waals surface area (Å²) in [5.41, 5.74) is 2.22. The molecule has 1 saturated carbocycles. The smallest absolute Gasteiger partial charge is 0.306 e. The highest BCUT2D eigenvalue weighted by atomic mass is 35.5. The number of amides is 1. The van der Waals surface area contributed by atoms with Crippen molar-refractivity contribution >= 4 is 34.4 Å². The van der Waals surface area contributed by atoms with Crippen LogP contribution >= 0.6 is 11.6 Å². The molecule has 162 valence electrons. The van der Waals surface area contributed by atoms with Gasteiger partial charge in [-0.2, -0.15) is 0 Å². The van der Waals surface area contributed by atoms with Crippen LogP contribution in [0, 0.1) is 11.8 Å². The summed E-state index contributed by atoms with van der Waals surface area (Å²) in [4.78, 5) is 27.1. The van der Waals surface area contributed by atoms with Crippen LogP contribution in [0.5, 0.6) is 0 Å². The van der Waals surface area contributed by atoms with Crippen molar-refractivity contribution in [2.24, 2.45) is 11.8 Å². The number of piperidine rings is 1. The first kappa shape index (κ1) is 21.2. The highest BCUT2D eigenvalue weighted by molar-refractivity contribution is 6.35. The molecular weight excluding hydrogens is 400 g/mol. The van der Waals surface area contributed by atoms with Crippen LogP contribution in [0.3, 0.4) is 0 Å². The third-order valence-corrected chi connectivity index (χ3v) is 7.55. The van der Waals surface area contributed by atoms with E-state index in [1.54, 1.807) is 0 Å². The fourth-order valence-electron chi connectivity index (χ4n) is 5.77. The Morgan fingerprint density at radius 2 is 2.03 bits per heavy atom. The van der Waals surface area contributed by atoms with E-state index >= 15 is 0 Å². The minimum atomic E-state index is -0.700. The summed E-state index contributed by atoms with van der Waals surface area (Å²) in [6.45, 7) is 5.80. The van der Waals surface area contributed by atoms with Crippen molar-refractivity contribution in [3.8, 4) is 0 Å². The van der Waals surface area contributed by atoms with E-state index in [1.165, 1.54) is 0 Å². The number of halogens is 1. The molecule has 2 aromatic rings. The fraction of sp³-hybridized carbons (Fsp3) is 0.583. The second kappa shape index (κ2) is 8.62. The number of fused-ring (bicyclic) bond motifs is 2. The van der Waals surface area contributed by atoms with Crippen molar-refractivity contribution in [2.45, 2.75) is 70.9 Å². The number of carbonyl (C=O) groups excluding carboxylic acids is 1. The molecule has 1 aromatic heterocycles. The Hall–Kier alpha value is -2.01. The molecular formula is C24H31ClN2O3. The Balaban J connectivity index is 1.55. The lowest BCUT2D eigenvalue weighted by atomic mass is 9.71. The highest BCUT2D eigenvalue weighted by Crippen LogP contribution is 2.41. The van der Waals surface area contributed by atoms with Gasteiger partial charge in [-0.15, -0.1) is 0 Å². The average molecular weight is 431 g/mol. The summed E-state index contributed by atoms with van der Waals surface area (Å²) < 4.78 is 2.19. The van der Waals surface area contributed by atoms with E-state index in [2.05, 4.69) is 30.7 Å². The molecule has 1 aromatic carbocycles. The molecule has 1 aliphatic carbocycles. The Morgan fingerprint density at radius 1 is 1.23 bits per heavy atom. The topological polar surface area (TPSA) is 62.5 Å². The van der Waals surface area contributed by atoms with E-state index in [0.29, 0.717) is 6.42 Å². The van der Waals surface area contributed by atoms with Crippen LogP contribution in [0.25, 0.3) is 10.9 Å². The zero-order chi connectivity index (χ0) is 21.4. The van der Waals surface area contributed by atoms with Gasteiger partial charge < -0.3 is 14.6 Å². The van der Waals surface area contributed by atoms with Crippen LogP contribution in [0.2, 0.25) is 5.02 Å². The van der Waals surface area contributed by atoms with Crippen molar-refractivity contribution in [3.63, 3.8) is 0 Å². The van der Waals surface area contributed by atoms with Crippen molar-refractivity contribution in [2.75, 3.05) is 6.54 Å². The molecule has 5 nitrogen and oxygen atoms in total. The number of carboxylic acid groups (broad SMARTS) is 1. The lowest BCUT2D eigenvalue weighted by Crippen LogP contribution is -2.53.